The summed E-state index contributed by atoms with van der Waals surface area (Å²) >= 11 is 0. The minimum absolute atomic E-state index is 0.0333. The van der Waals surface area contributed by atoms with E-state index in [2.05, 4.69) is 29.1 Å². The number of carbonyl (C=O) groups is 2. The summed E-state index contributed by atoms with van der Waals surface area (Å²) < 4.78 is 61.9. The lowest BCUT2D eigenvalue weighted by molar-refractivity contribution is -0.137. The Bertz CT molecular complexity index is 1620. The number of aliphatic hydroxyl groups is 2. The van der Waals surface area contributed by atoms with Crippen molar-refractivity contribution >= 4 is 52.3 Å². The van der Waals surface area contributed by atoms with E-state index in [1.54, 1.807) is 0 Å². The van der Waals surface area contributed by atoms with Gasteiger partial charge in [-0.3, -0.25) is 27.7 Å². The fraction of sp³-hybridized carbons (Fsp3) is 0.708. The number of phosphoric acid groups is 3. The fourth-order valence-electron chi connectivity index (χ4n) is 4.70. The molecule has 2 aromatic rings. The number of carbonyl (C=O) groups excluding carboxylic acids is 1. The number of aliphatic carboxylic acids is 1. The Morgan fingerprint density at radius 2 is 1.68 bits per heavy atom. The van der Waals surface area contributed by atoms with E-state index >= 15 is 0 Å². The molecule has 3 rings (SSSR count). The minimum atomic E-state index is -5.52. The predicted molar refractivity (Wildman–Crippen MR) is 167 cm³/mol. The third-order valence-electron chi connectivity index (χ3n) is 7.29. The normalized spacial score (nSPS) is 23.0. The first-order valence-corrected chi connectivity index (χ1v) is 19.5. The van der Waals surface area contributed by atoms with Crippen molar-refractivity contribution in [1.29, 1.82) is 0 Å². The molecule has 0 bridgehead atoms. The maximum absolute atomic E-state index is 12.6. The number of nitrogens with two attached hydrogens (primary N) is 1. The van der Waals surface area contributed by atoms with Gasteiger partial charge >= 0.3 is 29.4 Å². The quantitative estimate of drug-likeness (QED) is 0.0608. The summed E-state index contributed by atoms with van der Waals surface area (Å²) in [6, 6.07) is 0. The van der Waals surface area contributed by atoms with Crippen LogP contribution in [0.15, 0.2) is 12.7 Å². The van der Waals surface area contributed by atoms with Crippen LogP contribution in [-0.4, -0.2) is 110 Å². The van der Waals surface area contributed by atoms with Gasteiger partial charge in [0.25, 0.3) is 0 Å². The molecule has 50 heavy (non-hydrogen) atoms. The number of amides is 1. The number of aliphatic hydroxyl groups excluding tert-OH is 2. The second kappa shape index (κ2) is 17.4. The number of carboxylic acids is 1. The van der Waals surface area contributed by atoms with E-state index in [9.17, 15) is 53.1 Å². The van der Waals surface area contributed by atoms with Crippen LogP contribution in [0.25, 0.3) is 11.2 Å². The van der Waals surface area contributed by atoms with Crippen molar-refractivity contribution < 1.29 is 80.8 Å². The van der Waals surface area contributed by atoms with Gasteiger partial charge in [-0.05, 0) is 12.8 Å². The van der Waals surface area contributed by atoms with Crippen molar-refractivity contribution in [2.45, 2.75) is 83.0 Å². The van der Waals surface area contributed by atoms with Gasteiger partial charge in [0.1, 0.15) is 36.3 Å². The number of aromatic nitrogens is 4. The van der Waals surface area contributed by atoms with Crippen LogP contribution in [0, 0.1) is 5.41 Å². The Morgan fingerprint density at radius 1 is 1.04 bits per heavy atom. The monoisotopic (exact) mass is 778 g/mol. The van der Waals surface area contributed by atoms with Gasteiger partial charge in [-0.25, -0.2) is 28.6 Å². The zero-order valence-corrected chi connectivity index (χ0v) is 29.5. The summed E-state index contributed by atoms with van der Waals surface area (Å²) in [5.41, 5.74) is 4.37. The Hall–Kier alpha value is -2.46. The first-order chi connectivity index (χ1) is 23.1. The Kier molecular flexibility index (Phi) is 14.6. The van der Waals surface area contributed by atoms with Crippen LogP contribution in [0.2, 0.25) is 0 Å². The highest BCUT2D eigenvalue weighted by molar-refractivity contribution is 7.61. The third-order valence-corrected chi connectivity index (χ3v) is 10.4. The fourth-order valence-corrected chi connectivity index (χ4v) is 7.52. The molecule has 1 fully saturated rings. The van der Waals surface area contributed by atoms with Gasteiger partial charge in [-0.1, -0.05) is 33.1 Å². The van der Waals surface area contributed by atoms with Crippen molar-refractivity contribution in [3.8, 4) is 0 Å². The summed E-state index contributed by atoms with van der Waals surface area (Å²) in [4.78, 5) is 73.7. The van der Waals surface area contributed by atoms with Gasteiger partial charge in [0.2, 0.25) is 5.91 Å². The van der Waals surface area contributed by atoms with Crippen molar-refractivity contribution in [1.82, 2.24) is 24.8 Å². The standard InChI is InChI=1S/C24H41N6O17P3/c1-24(2,19(34)22(35)26-9-7-5-3-4-6-8-15(31)32)11-44-50(41,42)47-49(39,40)43-10-14-18(46-48(36,37)38)17(33)23(45-14)30-13-29-16-20(25)27-12-28-21(16)30/h12-14,17-19,23,33-34H,3-11H2,1-2H3,(H,26,35)(H,31,32)(H,39,40)(H,41,42)(H2,25,27,28)(H2,36,37,38)/t14-,17-,18-,19+,23-/m1/s1. The van der Waals surface area contributed by atoms with Crippen molar-refractivity contribution in [3.05, 3.63) is 12.7 Å². The molecule has 0 spiro atoms. The number of nitrogens with one attached hydrogen (secondary N) is 1. The highest BCUT2D eigenvalue weighted by Gasteiger charge is 2.50. The van der Waals surface area contributed by atoms with Crippen LogP contribution in [0.5, 0.6) is 0 Å². The number of carboxylic acid groups (broad SMARTS) is 1. The smallest absolute Gasteiger partial charge is 0.481 e. The van der Waals surface area contributed by atoms with Gasteiger partial charge in [0, 0.05) is 18.4 Å². The topological polar surface area (TPSA) is 355 Å². The minimum Gasteiger partial charge on any atom is -0.481 e. The number of phosphoric ester groups is 3. The molecule has 2 unspecified atom stereocenters. The predicted octanol–water partition coefficient (Wildman–Crippen LogP) is 0.324. The maximum Gasteiger partial charge on any atom is 0.481 e. The van der Waals surface area contributed by atoms with Crippen LogP contribution in [-0.2, 0) is 45.9 Å². The van der Waals surface area contributed by atoms with E-state index in [0.29, 0.717) is 25.7 Å². The number of hydrogen-bond acceptors (Lipinski definition) is 16. The number of nitrogen functional groups attached to an aromatic ring is 1. The van der Waals surface area contributed by atoms with Crippen LogP contribution in [0.4, 0.5) is 5.82 Å². The Labute approximate surface area is 284 Å². The molecule has 284 valence electrons. The molecule has 23 nitrogen and oxygen atoms in total. The third kappa shape index (κ3) is 12.3. The average molecular weight is 779 g/mol. The van der Waals surface area contributed by atoms with Crippen LogP contribution in [0.3, 0.4) is 0 Å². The number of anilines is 1. The molecule has 0 aliphatic carbocycles. The highest BCUT2D eigenvalue weighted by atomic mass is 31.3. The van der Waals surface area contributed by atoms with Crippen LogP contribution < -0.4 is 11.1 Å². The summed E-state index contributed by atoms with van der Waals surface area (Å²) in [6.07, 6.45) is -3.19. The summed E-state index contributed by atoms with van der Waals surface area (Å²) in [5.74, 6) is -1.73. The molecular formula is C24H41N6O17P3. The highest BCUT2D eigenvalue weighted by Crippen LogP contribution is 2.61. The molecule has 10 N–H and O–H groups in total. The van der Waals surface area contributed by atoms with Gasteiger partial charge in [0.05, 0.1) is 19.5 Å². The zero-order chi connectivity index (χ0) is 37.5. The molecular weight excluding hydrogens is 737 g/mol. The number of nitrogens with zero attached hydrogens (tertiary/aromatic N) is 4. The van der Waals surface area contributed by atoms with E-state index in [1.807, 2.05) is 0 Å². The molecule has 26 heteroatoms. The number of imidazole rings is 1. The lowest BCUT2D eigenvalue weighted by Gasteiger charge is -2.30. The van der Waals surface area contributed by atoms with Gasteiger partial charge in [-0.2, -0.15) is 4.31 Å². The molecule has 2 aromatic heterocycles. The van der Waals surface area contributed by atoms with Crippen LogP contribution in [0.1, 0.15) is 58.6 Å². The summed E-state index contributed by atoms with van der Waals surface area (Å²) in [6.45, 7) is 0.882. The molecule has 0 aromatic carbocycles. The Morgan fingerprint density at radius 3 is 2.34 bits per heavy atom. The number of unbranched alkanes of at least 4 members (excludes halogenated alkanes) is 4. The van der Waals surface area contributed by atoms with E-state index in [-0.39, 0.29) is 29.9 Å². The molecule has 3 heterocycles. The molecule has 1 aliphatic heterocycles. The van der Waals surface area contributed by atoms with E-state index in [4.69, 9.17) is 24.6 Å². The van der Waals surface area contributed by atoms with Gasteiger partial charge in [-0.15, -0.1) is 0 Å². The lowest BCUT2D eigenvalue weighted by Crippen LogP contribution is -2.46. The number of fused-ring (bicyclic) bond motifs is 1. The largest absolute Gasteiger partial charge is 0.481 e. The maximum atomic E-state index is 12.6. The first-order valence-electron chi connectivity index (χ1n) is 15.0. The number of ether oxygens (including phenoxy) is 1. The van der Waals surface area contributed by atoms with Crippen molar-refractivity contribution in [3.63, 3.8) is 0 Å². The Balaban J connectivity index is 1.54. The molecule has 1 aliphatic rings. The van der Waals surface area contributed by atoms with E-state index in [0.717, 1.165) is 23.6 Å². The molecule has 0 saturated carbocycles. The van der Waals surface area contributed by atoms with E-state index < -0.39 is 84.6 Å². The molecule has 1 amide bonds. The van der Waals surface area contributed by atoms with Gasteiger partial charge < -0.3 is 50.7 Å². The second-order valence-corrected chi connectivity index (χ2v) is 16.1. The zero-order valence-electron chi connectivity index (χ0n) is 26.8. The first kappa shape index (κ1) is 42.0. The summed E-state index contributed by atoms with van der Waals surface area (Å²) in [5, 5.41) is 32.5. The average Bonchev–Trinajstić information content (AvgIpc) is 3.56. The van der Waals surface area contributed by atoms with Crippen LogP contribution >= 0.6 is 23.5 Å². The number of rotatable bonds is 21. The molecule has 1 saturated heterocycles. The SMILES string of the molecule is CC(C)(COP(=O)(O)OP(=O)(O)OC[C@H]1O[C@@H](n2cnc3c(N)ncnc32)[C@H](O)[C@@H]1OP(=O)(O)O)[C@@H](O)C(=O)NCCCCCCCC(=O)O. The second-order valence-electron chi connectivity index (χ2n) is 11.9. The van der Waals surface area contributed by atoms with Gasteiger partial charge in [0.15, 0.2) is 17.7 Å². The molecule has 7 atom stereocenters. The van der Waals surface area contributed by atoms with Crippen molar-refractivity contribution in [2.75, 3.05) is 25.5 Å². The summed E-state index contributed by atoms with van der Waals surface area (Å²) in [7, 11) is -16.3. The molecule has 0 radical (unpaired) electrons. The van der Waals surface area contributed by atoms with Crippen molar-refractivity contribution in [2.24, 2.45) is 5.41 Å². The number of hydrogen-bond donors (Lipinski definition) is 9. The lowest BCUT2D eigenvalue weighted by atomic mass is 9.87. The van der Waals surface area contributed by atoms with E-state index in [1.165, 1.54) is 13.8 Å².